The number of rotatable bonds is 1. The molecule has 0 spiro atoms. The summed E-state index contributed by atoms with van der Waals surface area (Å²) < 4.78 is 5.62. The molecule has 0 radical (unpaired) electrons. The van der Waals surface area contributed by atoms with Crippen molar-refractivity contribution in [3.8, 4) is 0 Å². The zero-order chi connectivity index (χ0) is 29.5. The zero-order valence-electron chi connectivity index (χ0n) is 25.9. The number of carbonyl (C=O) groups excluding carboxylic acids is 2. The Kier molecular flexibility index (Phi) is 10.6. The van der Waals surface area contributed by atoms with Gasteiger partial charge in [-0.15, -0.1) is 0 Å². The summed E-state index contributed by atoms with van der Waals surface area (Å²) in [6.07, 6.45) is 4.66. The first-order valence-corrected chi connectivity index (χ1v) is 14.8. The highest BCUT2D eigenvalue weighted by Gasteiger charge is 2.29. The van der Waals surface area contributed by atoms with Gasteiger partial charge in [0.15, 0.2) is 5.58 Å². The average Bonchev–Trinajstić information content (AvgIpc) is 3.38. The van der Waals surface area contributed by atoms with E-state index in [2.05, 4.69) is 44.0 Å². The van der Waals surface area contributed by atoms with Crippen molar-refractivity contribution < 1.29 is 14.0 Å². The Hall–Kier alpha value is -3.15. The number of hydrogen-bond acceptors (Lipinski definition) is 4. The van der Waals surface area contributed by atoms with Crippen LogP contribution in [-0.2, 0) is 28.0 Å². The lowest BCUT2D eigenvalue weighted by Crippen LogP contribution is -2.42. The van der Waals surface area contributed by atoms with Crippen LogP contribution < -0.4 is 0 Å². The van der Waals surface area contributed by atoms with Gasteiger partial charge in [-0.3, -0.25) is 9.59 Å². The molecule has 218 valence electrons. The van der Waals surface area contributed by atoms with Gasteiger partial charge in [-0.25, -0.2) is 4.98 Å². The predicted octanol–water partition coefficient (Wildman–Crippen LogP) is 7.40. The molecule has 2 amide bonds. The van der Waals surface area contributed by atoms with Crippen molar-refractivity contribution in [1.29, 1.82) is 0 Å². The first-order valence-electron chi connectivity index (χ1n) is 14.8. The van der Waals surface area contributed by atoms with E-state index in [9.17, 15) is 9.59 Å². The van der Waals surface area contributed by atoms with Crippen LogP contribution in [0.4, 0.5) is 0 Å². The van der Waals surface area contributed by atoms with Gasteiger partial charge in [0.2, 0.25) is 17.7 Å². The van der Waals surface area contributed by atoms with Gasteiger partial charge >= 0.3 is 0 Å². The lowest BCUT2D eigenvalue weighted by molar-refractivity contribution is -0.140. The van der Waals surface area contributed by atoms with Crippen molar-refractivity contribution in [1.82, 2.24) is 14.8 Å². The molecule has 40 heavy (non-hydrogen) atoms. The number of fused-ring (bicyclic) bond motifs is 2. The molecule has 2 aromatic carbocycles. The molecule has 0 saturated carbocycles. The summed E-state index contributed by atoms with van der Waals surface area (Å²) in [4.78, 5) is 32.0. The van der Waals surface area contributed by atoms with Gasteiger partial charge in [-0.2, -0.15) is 0 Å². The number of carbonyl (C=O) groups is 2. The van der Waals surface area contributed by atoms with Crippen LogP contribution in [0.2, 0.25) is 0 Å². The molecule has 0 aliphatic carbocycles. The standard InChI is InChI=1S/C14H19NO.C11H13NO.C9H17NO/c1-14(2,3)13(16)15-9-8-11-6-4-5-7-12(11)10-15;1-11(2,3)10-12-8-6-4-5-7-9(8)13-10;1-8(2)9(11)10-6-4-3-5-7-10/h4-7H,8-10H2,1-3H3;4-7H,1-3H3;8H,3-7H2,1-2H3. The lowest BCUT2D eigenvalue weighted by atomic mass is 9.92. The molecular weight excluding hydrogens is 498 g/mol. The second kappa shape index (κ2) is 13.5. The summed E-state index contributed by atoms with van der Waals surface area (Å²) in [6.45, 7) is 19.8. The fraction of sp³-hybridized carbons (Fsp3) is 0.559. The molecule has 0 N–H and O–H groups in total. The minimum atomic E-state index is -0.272. The molecule has 2 aliphatic rings. The second-order valence-corrected chi connectivity index (χ2v) is 13.3. The highest BCUT2D eigenvalue weighted by Crippen LogP contribution is 2.26. The molecule has 6 nitrogen and oxygen atoms in total. The molecular formula is C34H49N3O3. The molecule has 0 atom stereocenters. The molecule has 3 heterocycles. The van der Waals surface area contributed by atoms with E-state index >= 15 is 0 Å². The quantitative estimate of drug-likeness (QED) is 0.318. The van der Waals surface area contributed by atoms with Crippen LogP contribution in [0.5, 0.6) is 0 Å². The smallest absolute Gasteiger partial charge is 0.228 e. The van der Waals surface area contributed by atoms with Gasteiger partial charge in [-0.1, -0.05) is 91.8 Å². The minimum absolute atomic E-state index is 0.0149. The molecule has 1 aromatic heterocycles. The Balaban J connectivity index is 0.000000169. The van der Waals surface area contributed by atoms with Crippen LogP contribution in [-0.4, -0.2) is 46.2 Å². The molecule has 5 rings (SSSR count). The second-order valence-electron chi connectivity index (χ2n) is 13.3. The number of nitrogens with zero attached hydrogens (tertiary/aromatic N) is 3. The fourth-order valence-corrected chi connectivity index (χ4v) is 4.82. The van der Waals surface area contributed by atoms with Gasteiger partial charge in [0.25, 0.3) is 0 Å². The van der Waals surface area contributed by atoms with Crippen LogP contribution in [0.3, 0.4) is 0 Å². The predicted molar refractivity (Wildman–Crippen MR) is 163 cm³/mol. The van der Waals surface area contributed by atoms with Gasteiger partial charge in [0.05, 0.1) is 0 Å². The van der Waals surface area contributed by atoms with Crippen molar-refractivity contribution in [3.63, 3.8) is 0 Å². The van der Waals surface area contributed by atoms with Crippen LogP contribution in [0.25, 0.3) is 11.1 Å². The highest BCUT2D eigenvalue weighted by atomic mass is 16.3. The molecule has 0 unspecified atom stereocenters. The summed E-state index contributed by atoms with van der Waals surface area (Å²) in [5.74, 6) is 1.55. The third kappa shape index (κ3) is 8.67. The van der Waals surface area contributed by atoms with Crippen LogP contribution in [0.1, 0.15) is 91.7 Å². The Bertz CT molecular complexity index is 1220. The summed E-state index contributed by atoms with van der Waals surface area (Å²) in [5.41, 5.74) is 4.21. The van der Waals surface area contributed by atoms with E-state index in [0.717, 1.165) is 49.6 Å². The number of piperidine rings is 1. The van der Waals surface area contributed by atoms with Crippen molar-refractivity contribution >= 4 is 22.9 Å². The highest BCUT2D eigenvalue weighted by molar-refractivity contribution is 5.81. The fourth-order valence-electron chi connectivity index (χ4n) is 4.82. The van der Waals surface area contributed by atoms with E-state index in [1.165, 1.54) is 30.4 Å². The van der Waals surface area contributed by atoms with Gasteiger partial charge < -0.3 is 14.2 Å². The van der Waals surface area contributed by atoms with E-state index in [4.69, 9.17) is 4.42 Å². The SMILES string of the molecule is CC(C)(C)C(=O)N1CCc2ccccc2C1.CC(C)(C)c1nc2ccccc2o1.CC(C)C(=O)N1CCCCC1. The Labute approximate surface area is 241 Å². The molecule has 0 bridgehead atoms. The molecule has 1 fully saturated rings. The summed E-state index contributed by atoms with van der Waals surface area (Å²) in [7, 11) is 0. The van der Waals surface area contributed by atoms with E-state index in [0.29, 0.717) is 5.91 Å². The van der Waals surface area contributed by atoms with E-state index in [1.54, 1.807) is 0 Å². The maximum absolute atomic E-state index is 12.2. The topological polar surface area (TPSA) is 66.7 Å². The molecule has 1 saturated heterocycles. The molecule has 3 aromatic rings. The van der Waals surface area contributed by atoms with Crippen molar-refractivity contribution in [2.24, 2.45) is 11.3 Å². The first-order chi connectivity index (χ1) is 18.8. The van der Waals surface area contributed by atoms with Crippen molar-refractivity contribution in [2.45, 2.75) is 93.0 Å². The van der Waals surface area contributed by atoms with E-state index < -0.39 is 0 Å². The normalized spacial score (nSPS) is 15.5. The summed E-state index contributed by atoms with van der Waals surface area (Å²) in [6, 6.07) is 16.2. The zero-order valence-corrected chi connectivity index (χ0v) is 25.9. The van der Waals surface area contributed by atoms with Crippen LogP contribution in [0, 0.1) is 11.3 Å². The lowest BCUT2D eigenvalue weighted by Gasteiger charge is -2.33. The van der Waals surface area contributed by atoms with Gasteiger partial charge in [0, 0.05) is 42.9 Å². The van der Waals surface area contributed by atoms with E-state index in [1.807, 2.05) is 74.8 Å². The maximum Gasteiger partial charge on any atom is 0.228 e. The number of hydrogen-bond donors (Lipinski definition) is 0. The number of benzene rings is 2. The number of likely N-dealkylation sites (tertiary alicyclic amines) is 1. The Morgan fingerprint density at radius 2 is 1.40 bits per heavy atom. The van der Waals surface area contributed by atoms with Crippen molar-refractivity contribution in [2.75, 3.05) is 19.6 Å². The minimum Gasteiger partial charge on any atom is -0.440 e. The first kappa shape index (κ1) is 31.4. The average molecular weight is 548 g/mol. The van der Waals surface area contributed by atoms with Crippen LogP contribution >= 0.6 is 0 Å². The Morgan fingerprint density at radius 1 is 0.800 bits per heavy atom. The molecule has 2 aliphatic heterocycles. The summed E-state index contributed by atoms with van der Waals surface area (Å²) >= 11 is 0. The van der Waals surface area contributed by atoms with Gasteiger partial charge in [0.1, 0.15) is 5.52 Å². The van der Waals surface area contributed by atoms with Crippen LogP contribution in [0.15, 0.2) is 52.9 Å². The monoisotopic (exact) mass is 547 g/mol. The number of oxazole rings is 1. The maximum atomic E-state index is 12.2. The Morgan fingerprint density at radius 3 is 1.98 bits per heavy atom. The third-order valence-electron chi connectivity index (χ3n) is 7.16. The molecule has 6 heteroatoms. The van der Waals surface area contributed by atoms with E-state index in [-0.39, 0.29) is 22.7 Å². The number of amides is 2. The number of para-hydroxylation sites is 2. The largest absolute Gasteiger partial charge is 0.440 e. The van der Waals surface area contributed by atoms with Crippen molar-refractivity contribution in [3.05, 3.63) is 65.5 Å². The number of aromatic nitrogens is 1. The third-order valence-corrected chi connectivity index (χ3v) is 7.16. The van der Waals surface area contributed by atoms with Gasteiger partial charge in [-0.05, 0) is 48.9 Å². The summed E-state index contributed by atoms with van der Waals surface area (Å²) in [5, 5.41) is 0.